The molecule has 0 spiro atoms. The lowest BCUT2D eigenvalue weighted by Gasteiger charge is -2.05. The molecule has 2 heterocycles. The Morgan fingerprint density at radius 1 is 1.47 bits per heavy atom. The average molecular weight is 249 g/mol. The van der Waals surface area contributed by atoms with Gasteiger partial charge in [-0.3, -0.25) is 4.68 Å². The molecule has 0 fully saturated rings. The van der Waals surface area contributed by atoms with Gasteiger partial charge >= 0.3 is 0 Å². The fourth-order valence-electron chi connectivity index (χ4n) is 1.63. The molecule has 0 saturated carbocycles. The Morgan fingerprint density at radius 2 is 2.29 bits per heavy atom. The number of rotatable bonds is 4. The minimum atomic E-state index is 0.813. The third-order valence-electron chi connectivity index (χ3n) is 2.40. The van der Waals surface area contributed by atoms with E-state index in [4.69, 9.17) is 0 Å². The van der Waals surface area contributed by atoms with Crippen LogP contribution in [0.25, 0.3) is 0 Å². The van der Waals surface area contributed by atoms with Crippen LogP contribution in [-0.2, 0) is 13.6 Å². The largest absolute Gasteiger partial charge is 0.316 e. The summed E-state index contributed by atoms with van der Waals surface area (Å²) in [5, 5.41) is 9.65. The molecular formula is C11H15N5S. The first-order valence-electron chi connectivity index (χ1n) is 5.33. The maximum absolute atomic E-state index is 4.44. The van der Waals surface area contributed by atoms with E-state index in [1.54, 1.807) is 24.3 Å². The lowest BCUT2D eigenvalue weighted by atomic mass is 10.3. The highest BCUT2D eigenvalue weighted by atomic mass is 32.2. The van der Waals surface area contributed by atoms with E-state index >= 15 is 0 Å². The van der Waals surface area contributed by atoms with E-state index in [9.17, 15) is 0 Å². The molecule has 0 aliphatic heterocycles. The Labute approximate surface area is 105 Å². The molecule has 0 radical (unpaired) electrons. The normalized spacial score (nSPS) is 10.8. The van der Waals surface area contributed by atoms with Crippen LogP contribution >= 0.6 is 11.8 Å². The van der Waals surface area contributed by atoms with Crippen molar-refractivity contribution in [3.63, 3.8) is 0 Å². The van der Waals surface area contributed by atoms with Gasteiger partial charge in [-0.15, -0.1) is 0 Å². The van der Waals surface area contributed by atoms with E-state index in [1.807, 2.05) is 31.8 Å². The lowest BCUT2D eigenvalue weighted by molar-refractivity contribution is 0.683. The average Bonchev–Trinajstić information content (AvgIpc) is 2.58. The number of aryl methyl sites for hydroxylation is 2. The van der Waals surface area contributed by atoms with Crippen LogP contribution in [0.1, 0.15) is 11.3 Å². The van der Waals surface area contributed by atoms with Crippen LogP contribution in [-0.4, -0.2) is 26.8 Å². The molecule has 0 atom stereocenters. The molecule has 2 aromatic rings. The van der Waals surface area contributed by atoms with Crippen molar-refractivity contribution in [1.82, 2.24) is 25.1 Å². The summed E-state index contributed by atoms with van der Waals surface area (Å²) in [6.45, 7) is 2.84. The Hall–Kier alpha value is -1.40. The Morgan fingerprint density at radius 3 is 2.94 bits per heavy atom. The third kappa shape index (κ3) is 2.65. The molecule has 5 nitrogen and oxygen atoms in total. The van der Waals surface area contributed by atoms with Gasteiger partial charge in [0.15, 0.2) is 0 Å². The van der Waals surface area contributed by atoms with Gasteiger partial charge < -0.3 is 5.32 Å². The van der Waals surface area contributed by atoms with Gasteiger partial charge in [0.2, 0.25) is 0 Å². The Balaban J connectivity index is 2.31. The van der Waals surface area contributed by atoms with Crippen LogP contribution in [0.3, 0.4) is 0 Å². The number of hydrogen-bond acceptors (Lipinski definition) is 5. The minimum Gasteiger partial charge on any atom is -0.316 e. The van der Waals surface area contributed by atoms with Crippen LogP contribution in [0.2, 0.25) is 0 Å². The van der Waals surface area contributed by atoms with Crippen molar-refractivity contribution in [2.24, 2.45) is 7.05 Å². The maximum Gasteiger partial charge on any atom is 0.116 e. The fourth-order valence-corrected chi connectivity index (χ4v) is 2.57. The fraction of sp³-hybridized carbons (Fsp3) is 0.364. The van der Waals surface area contributed by atoms with E-state index in [-0.39, 0.29) is 0 Å². The highest BCUT2D eigenvalue weighted by molar-refractivity contribution is 7.99. The zero-order valence-electron chi connectivity index (χ0n) is 10.1. The van der Waals surface area contributed by atoms with E-state index < -0.39 is 0 Å². The van der Waals surface area contributed by atoms with Crippen LogP contribution in [0.5, 0.6) is 0 Å². The van der Waals surface area contributed by atoms with Crippen molar-refractivity contribution >= 4 is 11.8 Å². The predicted octanol–water partition coefficient (Wildman–Crippen LogP) is 1.39. The summed E-state index contributed by atoms with van der Waals surface area (Å²) in [6.07, 6.45) is 3.31. The highest BCUT2D eigenvalue weighted by Gasteiger charge is 2.14. The molecule has 0 unspecified atom stereocenters. The summed E-state index contributed by atoms with van der Waals surface area (Å²) < 4.78 is 1.90. The smallest absolute Gasteiger partial charge is 0.116 e. The molecule has 17 heavy (non-hydrogen) atoms. The van der Waals surface area contributed by atoms with Crippen molar-refractivity contribution in [2.45, 2.75) is 23.5 Å². The van der Waals surface area contributed by atoms with E-state index in [2.05, 4.69) is 20.4 Å². The van der Waals surface area contributed by atoms with E-state index in [0.717, 1.165) is 22.3 Å². The molecule has 2 aromatic heterocycles. The van der Waals surface area contributed by atoms with Gasteiger partial charge in [-0.25, -0.2) is 9.97 Å². The van der Waals surface area contributed by atoms with Crippen molar-refractivity contribution < 1.29 is 0 Å². The van der Waals surface area contributed by atoms with Gasteiger partial charge in [-0.2, -0.15) is 5.10 Å². The molecule has 0 bridgehead atoms. The van der Waals surface area contributed by atoms with Crippen molar-refractivity contribution in [2.75, 3.05) is 7.05 Å². The summed E-state index contributed by atoms with van der Waals surface area (Å²) in [6, 6.07) is 1.90. The zero-order chi connectivity index (χ0) is 12.3. The van der Waals surface area contributed by atoms with E-state index in [1.165, 1.54) is 5.56 Å². The number of nitrogens with one attached hydrogen (secondary N) is 1. The second kappa shape index (κ2) is 5.29. The molecule has 0 saturated heterocycles. The van der Waals surface area contributed by atoms with Crippen LogP contribution in [0.15, 0.2) is 28.6 Å². The summed E-state index contributed by atoms with van der Waals surface area (Å²) in [7, 11) is 3.89. The second-order valence-corrected chi connectivity index (χ2v) is 4.68. The van der Waals surface area contributed by atoms with Gasteiger partial charge in [0, 0.05) is 25.4 Å². The lowest BCUT2D eigenvalue weighted by Crippen LogP contribution is -2.06. The van der Waals surface area contributed by atoms with Crippen LogP contribution in [0, 0.1) is 6.92 Å². The molecule has 2 rings (SSSR count). The Kier molecular flexibility index (Phi) is 3.75. The third-order valence-corrected chi connectivity index (χ3v) is 3.55. The first kappa shape index (κ1) is 12.1. The minimum absolute atomic E-state index is 0.813. The van der Waals surface area contributed by atoms with Crippen molar-refractivity contribution in [3.05, 3.63) is 29.8 Å². The second-order valence-electron chi connectivity index (χ2n) is 3.67. The quantitative estimate of drug-likeness (QED) is 0.830. The Bertz CT molecular complexity index is 494. The summed E-state index contributed by atoms with van der Waals surface area (Å²) in [4.78, 5) is 8.13. The summed E-state index contributed by atoms with van der Waals surface area (Å²) in [5.41, 5.74) is 2.28. The van der Waals surface area contributed by atoms with Gasteiger partial charge in [0.1, 0.15) is 16.4 Å². The molecule has 0 aromatic carbocycles. The first-order valence-corrected chi connectivity index (χ1v) is 6.15. The zero-order valence-corrected chi connectivity index (χ0v) is 11.0. The van der Waals surface area contributed by atoms with Crippen molar-refractivity contribution in [1.29, 1.82) is 0 Å². The molecule has 1 N–H and O–H groups in total. The molecule has 0 amide bonds. The molecule has 90 valence electrons. The standard InChI is InChI=1S/C11H15N5S/c1-8-9(6-12-2)11(16(3)15-8)17-10-4-5-13-7-14-10/h4-5,7,12H,6H2,1-3H3. The molecule has 0 aliphatic rings. The maximum atomic E-state index is 4.44. The van der Waals surface area contributed by atoms with Crippen LogP contribution in [0.4, 0.5) is 0 Å². The van der Waals surface area contributed by atoms with Gasteiger partial charge in [-0.1, -0.05) is 0 Å². The van der Waals surface area contributed by atoms with E-state index in [0.29, 0.717) is 0 Å². The molecule has 0 aliphatic carbocycles. The number of nitrogens with zero attached hydrogens (tertiary/aromatic N) is 4. The summed E-state index contributed by atoms with van der Waals surface area (Å²) >= 11 is 1.61. The molecule has 6 heteroatoms. The van der Waals surface area contributed by atoms with Gasteiger partial charge in [0.05, 0.1) is 5.69 Å². The van der Waals surface area contributed by atoms with Gasteiger partial charge in [0.25, 0.3) is 0 Å². The molecular weight excluding hydrogens is 234 g/mol. The summed E-state index contributed by atoms with van der Waals surface area (Å²) in [5.74, 6) is 0. The number of hydrogen-bond donors (Lipinski definition) is 1. The monoisotopic (exact) mass is 249 g/mol. The predicted molar refractivity (Wildman–Crippen MR) is 66.9 cm³/mol. The number of aromatic nitrogens is 4. The highest BCUT2D eigenvalue weighted by Crippen LogP contribution is 2.29. The first-order chi connectivity index (χ1) is 8.22. The van der Waals surface area contributed by atoms with Crippen LogP contribution < -0.4 is 5.32 Å². The van der Waals surface area contributed by atoms with Gasteiger partial charge in [-0.05, 0) is 31.8 Å². The van der Waals surface area contributed by atoms with Crippen molar-refractivity contribution in [3.8, 4) is 0 Å². The topological polar surface area (TPSA) is 55.6 Å². The SMILES string of the molecule is CNCc1c(C)nn(C)c1Sc1ccncn1.